The highest BCUT2D eigenvalue weighted by Gasteiger charge is 2.30. The number of hydrogen-bond donors (Lipinski definition) is 2. The van der Waals surface area contributed by atoms with Gasteiger partial charge in [0.2, 0.25) is 11.8 Å². The van der Waals surface area contributed by atoms with Crippen molar-refractivity contribution in [2.24, 2.45) is 0 Å². The van der Waals surface area contributed by atoms with Gasteiger partial charge in [-0.25, -0.2) is 0 Å². The molecule has 1 aliphatic rings. The fourth-order valence-electron chi connectivity index (χ4n) is 2.26. The Bertz CT molecular complexity index is 360. The van der Waals surface area contributed by atoms with Crippen LogP contribution in [-0.4, -0.2) is 62.0 Å². The van der Waals surface area contributed by atoms with E-state index in [-0.39, 0.29) is 30.4 Å². The van der Waals surface area contributed by atoms with Crippen LogP contribution in [-0.2, 0) is 19.1 Å². The number of amides is 2. The molecule has 0 aromatic rings. The van der Waals surface area contributed by atoms with Crippen molar-refractivity contribution in [1.29, 1.82) is 0 Å². The van der Waals surface area contributed by atoms with Gasteiger partial charge < -0.3 is 15.4 Å². The molecule has 0 spiro atoms. The minimum Gasteiger partial charge on any atom is -0.468 e. The highest BCUT2D eigenvalue weighted by Crippen LogP contribution is 2.17. The molecule has 0 saturated carbocycles. The molecule has 1 saturated heterocycles. The molecule has 1 heterocycles. The quantitative estimate of drug-likeness (QED) is 0.496. The summed E-state index contributed by atoms with van der Waals surface area (Å²) < 4.78 is 4.77. The average Bonchev–Trinajstić information content (AvgIpc) is 2.43. The van der Waals surface area contributed by atoms with Crippen LogP contribution in [0.15, 0.2) is 0 Å². The highest BCUT2D eigenvalue weighted by atomic mass is 16.5. The van der Waals surface area contributed by atoms with E-state index >= 15 is 0 Å². The standard InChI is InChI=1S/C13H23N3O4/c1-10(17)14-6-7-15-12(18)9-16-8-4-3-5-11(16)13(19)20-2/h11H,3-9H2,1-2H3,(H,14,17)(H,15,18)/t11-/m1/s1. The molecule has 0 aromatic heterocycles. The first-order valence-electron chi connectivity index (χ1n) is 6.87. The molecule has 1 rings (SSSR count). The first kappa shape index (κ1) is 16.4. The van der Waals surface area contributed by atoms with Crippen molar-refractivity contribution < 1.29 is 19.1 Å². The smallest absolute Gasteiger partial charge is 0.323 e. The van der Waals surface area contributed by atoms with Crippen molar-refractivity contribution in [3.8, 4) is 0 Å². The monoisotopic (exact) mass is 285 g/mol. The summed E-state index contributed by atoms with van der Waals surface area (Å²) in [7, 11) is 1.36. The lowest BCUT2D eigenvalue weighted by atomic mass is 10.0. The molecular weight excluding hydrogens is 262 g/mol. The van der Waals surface area contributed by atoms with E-state index in [1.165, 1.54) is 14.0 Å². The van der Waals surface area contributed by atoms with E-state index in [0.717, 1.165) is 25.8 Å². The van der Waals surface area contributed by atoms with Gasteiger partial charge in [0.1, 0.15) is 6.04 Å². The van der Waals surface area contributed by atoms with Crippen LogP contribution in [0.1, 0.15) is 26.2 Å². The molecule has 0 unspecified atom stereocenters. The fraction of sp³-hybridized carbons (Fsp3) is 0.769. The lowest BCUT2D eigenvalue weighted by Gasteiger charge is -2.32. The summed E-state index contributed by atoms with van der Waals surface area (Å²) in [4.78, 5) is 36.0. The highest BCUT2D eigenvalue weighted by molar-refractivity contribution is 5.80. The van der Waals surface area contributed by atoms with Crippen LogP contribution in [0, 0.1) is 0 Å². The lowest BCUT2D eigenvalue weighted by Crippen LogP contribution is -2.50. The number of rotatable bonds is 6. The maximum atomic E-state index is 11.8. The summed E-state index contributed by atoms with van der Waals surface area (Å²) >= 11 is 0. The number of nitrogens with zero attached hydrogens (tertiary/aromatic N) is 1. The predicted molar refractivity (Wildman–Crippen MR) is 72.9 cm³/mol. The molecule has 0 aliphatic carbocycles. The molecule has 0 aromatic carbocycles. The number of esters is 1. The molecule has 7 heteroatoms. The number of nitrogens with one attached hydrogen (secondary N) is 2. The van der Waals surface area contributed by atoms with Gasteiger partial charge in [0.05, 0.1) is 13.7 Å². The van der Waals surface area contributed by atoms with Gasteiger partial charge in [-0.3, -0.25) is 19.3 Å². The Hall–Kier alpha value is -1.63. The summed E-state index contributed by atoms with van der Waals surface area (Å²) in [6.07, 6.45) is 2.68. The Labute approximate surface area is 119 Å². The number of methoxy groups -OCH3 is 1. The van der Waals surface area contributed by atoms with Crippen LogP contribution in [0.25, 0.3) is 0 Å². The average molecular weight is 285 g/mol. The zero-order chi connectivity index (χ0) is 15.0. The topological polar surface area (TPSA) is 87.7 Å². The zero-order valence-electron chi connectivity index (χ0n) is 12.1. The van der Waals surface area contributed by atoms with E-state index in [4.69, 9.17) is 4.74 Å². The molecule has 2 N–H and O–H groups in total. The third kappa shape index (κ3) is 5.56. The summed E-state index contributed by atoms with van der Waals surface area (Å²) in [6, 6.07) is -0.324. The van der Waals surface area contributed by atoms with Gasteiger partial charge in [-0.1, -0.05) is 6.42 Å². The Balaban J connectivity index is 2.34. The maximum absolute atomic E-state index is 11.8. The minimum atomic E-state index is -0.324. The van der Waals surface area contributed by atoms with Gasteiger partial charge in [0.25, 0.3) is 0 Å². The van der Waals surface area contributed by atoms with Crippen molar-refractivity contribution in [3.63, 3.8) is 0 Å². The SMILES string of the molecule is COC(=O)[C@H]1CCCCN1CC(=O)NCCNC(C)=O. The summed E-state index contributed by atoms with van der Waals surface area (Å²) in [6.45, 7) is 3.12. The van der Waals surface area contributed by atoms with E-state index in [2.05, 4.69) is 10.6 Å². The third-order valence-corrected chi connectivity index (χ3v) is 3.25. The Morgan fingerprint density at radius 1 is 1.20 bits per heavy atom. The summed E-state index contributed by atoms with van der Waals surface area (Å²) in [5.41, 5.74) is 0. The Kier molecular flexibility index (Phi) is 7.00. The summed E-state index contributed by atoms with van der Waals surface area (Å²) in [5, 5.41) is 5.31. The van der Waals surface area contributed by atoms with Gasteiger partial charge >= 0.3 is 5.97 Å². The molecular formula is C13H23N3O4. The van der Waals surface area contributed by atoms with Gasteiger partial charge in [0, 0.05) is 20.0 Å². The largest absolute Gasteiger partial charge is 0.468 e. The maximum Gasteiger partial charge on any atom is 0.323 e. The second-order valence-electron chi connectivity index (χ2n) is 4.84. The molecule has 1 atom stereocenters. The van der Waals surface area contributed by atoms with Crippen molar-refractivity contribution >= 4 is 17.8 Å². The third-order valence-electron chi connectivity index (χ3n) is 3.25. The van der Waals surface area contributed by atoms with Crippen LogP contribution in [0.2, 0.25) is 0 Å². The Morgan fingerprint density at radius 3 is 2.55 bits per heavy atom. The molecule has 0 bridgehead atoms. The second-order valence-corrected chi connectivity index (χ2v) is 4.84. The molecule has 1 aliphatic heterocycles. The lowest BCUT2D eigenvalue weighted by molar-refractivity contribution is -0.148. The summed E-state index contributed by atoms with van der Waals surface area (Å²) in [5.74, 6) is -0.553. The fourth-order valence-corrected chi connectivity index (χ4v) is 2.26. The van der Waals surface area contributed by atoms with E-state index < -0.39 is 0 Å². The van der Waals surface area contributed by atoms with Gasteiger partial charge in [0.15, 0.2) is 0 Å². The van der Waals surface area contributed by atoms with Crippen molar-refractivity contribution in [2.75, 3.05) is 33.3 Å². The Morgan fingerprint density at radius 2 is 1.90 bits per heavy atom. The molecule has 0 radical (unpaired) electrons. The van der Waals surface area contributed by atoms with Crippen LogP contribution in [0.5, 0.6) is 0 Å². The number of hydrogen-bond acceptors (Lipinski definition) is 5. The van der Waals surface area contributed by atoms with Crippen LogP contribution in [0.4, 0.5) is 0 Å². The minimum absolute atomic E-state index is 0.124. The van der Waals surface area contributed by atoms with Crippen LogP contribution < -0.4 is 10.6 Å². The van der Waals surface area contributed by atoms with Crippen molar-refractivity contribution in [3.05, 3.63) is 0 Å². The number of piperidine rings is 1. The van der Waals surface area contributed by atoms with Crippen LogP contribution in [0.3, 0.4) is 0 Å². The molecule has 20 heavy (non-hydrogen) atoms. The number of carbonyl (C=O) groups is 3. The van der Waals surface area contributed by atoms with Crippen molar-refractivity contribution in [1.82, 2.24) is 15.5 Å². The predicted octanol–water partition coefficient (Wildman–Crippen LogP) is -0.734. The number of likely N-dealkylation sites (tertiary alicyclic amines) is 1. The van der Waals surface area contributed by atoms with Crippen molar-refractivity contribution in [2.45, 2.75) is 32.2 Å². The van der Waals surface area contributed by atoms with Gasteiger partial charge in [-0.2, -0.15) is 0 Å². The zero-order valence-corrected chi connectivity index (χ0v) is 12.1. The van der Waals surface area contributed by atoms with Crippen LogP contribution >= 0.6 is 0 Å². The molecule has 7 nitrogen and oxygen atoms in total. The normalized spacial score (nSPS) is 19.2. The first-order chi connectivity index (χ1) is 9.54. The van der Waals surface area contributed by atoms with E-state index in [9.17, 15) is 14.4 Å². The van der Waals surface area contributed by atoms with E-state index in [1.807, 2.05) is 4.90 Å². The van der Waals surface area contributed by atoms with Gasteiger partial charge in [-0.15, -0.1) is 0 Å². The molecule has 2 amide bonds. The van der Waals surface area contributed by atoms with Gasteiger partial charge in [-0.05, 0) is 19.4 Å². The second kappa shape index (κ2) is 8.52. The molecule has 114 valence electrons. The number of carbonyl (C=O) groups excluding carboxylic acids is 3. The molecule has 1 fully saturated rings. The van der Waals surface area contributed by atoms with E-state index in [1.54, 1.807) is 0 Å². The first-order valence-corrected chi connectivity index (χ1v) is 6.87. The van der Waals surface area contributed by atoms with E-state index in [0.29, 0.717) is 13.1 Å². The number of ether oxygens (including phenoxy) is 1.